The fraction of sp³-hybridized carbons (Fsp3) is 0.0714. The first-order chi connectivity index (χ1) is 10.5. The Labute approximate surface area is 123 Å². The smallest absolute Gasteiger partial charge is 0.273 e. The summed E-state index contributed by atoms with van der Waals surface area (Å²) >= 11 is 0. The molecule has 2 aromatic carbocycles. The van der Waals surface area contributed by atoms with E-state index in [1.165, 1.54) is 30.3 Å². The molecule has 0 saturated heterocycles. The molecular formula is C14H9N3O5. The zero-order chi connectivity index (χ0) is 15.9. The van der Waals surface area contributed by atoms with Crippen LogP contribution in [0.25, 0.3) is 22.6 Å². The Morgan fingerprint density at radius 1 is 1.09 bits per heavy atom. The second-order valence-corrected chi connectivity index (χ2v) is 4.63. The number of rotatable bonds is 3. The van der Waals surface area contributed by atoms with Gasteiger partial charge in [-0.05, 0) is 19.1 Å². The number of non-ortho nitro benzene ring substituents is 1. The van der Waals surface area contributed by atoms with Crippen molar-refractivity contribution in [2.45, 2.75) is 6.92 Å². The Balaban J connectivity index is 2.17. The number of hydrogen-bond acceptors (Lipinski definition) is 6. The van der Waals surface area contributed by atoms with Crippen LogP contribution in [0.3, 0.4) is 0 Å². The summed E-state index contributed by atoms with van der Waals surface area (Å²) in [7, 11) is 0. The minimum absolute atomic E-state index is 0.0364. The van der Waals surface area contributed by atoms with E-state index in [0.717, 1.165) is 0 Å². The fourth-order valence-electron chi connectivity index (χ4n) is 2.20. The molecule has 0 N–H and O–H groups in total. The maximum absolute atomic E-state index is 11.0. The number of nitro benzene ring substituents is 2. The van der Waals surface area contributed by atoms with Crippen LogP contribution in [0.1, 0.15) is 5.56 Å². The Hall–Kier alpha value is -3.29. The first kappa shape index (κ1) is 13.7. The fourth-order valence-corrected chi connectivity index (χ4v) is 2.20. The second-order valence-electron chi connectivity index (χ2n) is 4.63. The summed E-state index contributed by atoms with van der Waals surface area (Å²) in [6.45, 7) is 1.60. The van der Waals surface area contributed by atoms with Gasteiger partial charge in [-0.15, -0.1) is 0 Å². The van der Waals surface area contributed by atoms with E-state index in [2.05, 4.69) is 4.98 Å². The van der Waals surface area contributed by atoms with E-state index < -0.39 is 9.85 Å². The standard InChI is InChI=1S/C14H9N3O5/c1-8-10(3-2-4-12(8)17(20)21)14-15-11-6-5-9(16(18)19)7-13(11)22-14/h2-7H,1H3. The maximum atomic E-state index is 11.0. The zero-order valence-electron chi connectivity index (χ0n) is 11.3. The number of aromatic nitrogens is 1. The van der Waals surface area contributed by atoms with Gasteiger partial charge in [0, 0.05) is 23.3 Å². The lowest BCUT2D eigenvalue weighted by molar-refractivity contribution is -0.385. The number of nitrogens with zero attached hydrogens (tertiary/aromatic N) is 3. The van der Waals surface area contributed by atoms with Gasteiger partial charge in [0.25, 0.3) is 11.4 Å². The zero-order valence-corrected chi connectivity index (χ0v) is 11.3. The highest BCUT2D eigenvalue weighted by molar-refractivity contribution is 5.79. The average Bonchev–Trinajstić information content (AvgIpc) is 2.89. The molecule has 22 heavy (non-hydrogen) atoms. The van der Waals surface area contributed by atoms with E-state index >= 15 is 0 Å². The number of benzene rings is 2. The molecule has 3 rings (SSSR count). The molecule has 8 heteroatoms. The van der Waals surface area contributed by atoms with E-state index in [9.17, 15) is 20.2 Å². The van der Waals surface area contributed by atoms with Crippen LogP contribution in [0.4, 0.5) is 11.4 Å². The van der Waals surface area contributed by atoms with Gasteiger partial charge >= 0.3 is 0 Å². The molecule has 0 aliphatic carbocycles. The third kappa shape index (κ3) is 2.16. The van der Waals surface area contributed by atoms with E-state index in [0.29, 0.717) is 16.6 Å². The van der Waals surface area contributed by atoms with E-state index in [-0.39, 0.29) is 22.8 Å². The molecule has 0 atom stereocenters. The topological polar surface area (TPSA) is 112 Å². The quantitative estimate of drug-likeness (QED) is 0.539. The van der Waals surface area contributed by atoms with Gasteiger partial charge in [-0.25, -0.2) is 4.98 Å². The Kier molecular flexibility index (Phi) is 3.06. The number of nitro groups is 2. The highest BCUT2D eigenvalue weighted by Crippen LogP contribution is 2.32. The third-order valence-corrected chi connectivity index (χ3v) is 3.32. The Bertz CT molecular complexity index is 916. The molecule has 0 aliphatic rings. The van der Waals surface area contributed by atoms with Gasteiger partial charge in [0.15, 0.2) is 5.58 Å². The van der Waals surface area contributed by atoms with E-state index in [1.54, 1.807) is 13.0 Å². The predicted molar refractivity (Wildman–Crippen MR) is 77.5 cm³/mol. The molecule has 110 valence electrons. The van der Waals surface area contributed by atoms with Crippen LogP contribution in [0.2, 0.25) is 0 Å². The monoisotopic (exact) mass is 299 g/mol. The number of hydrogen-bond donors (Lipinski definition) is 0. The lowest BCUT2D eigenvalue weighted by atomic mass is 10.1. The van der Waals surface area contributed by atoms with Gasteiger partial charge in [0.05, 0.1) is 15.9 Å². The van der Waals surface area contributed by atoms with E-state index in [1.807, 2.05) is 0 Å². The first-order valence-electron chi connectivity index (χ1n) is 6.27. The molecule has 0 aliphatic heterocycles. The summed E-state index contributed by atoms with van der Waals surface area (Å²) in [4.78, 5) is 25.0. The molecule has 0 amide bonds. The van der Waals surface area contributed by atoms with Crippen molar-refractivity contribution in [2.75, 3.05) is 0 Å². The van der Waals surface area contributed by atoms with Crippen molar-refractivity contribution in [3.05, 3.63) is 62.2 Å². The Morgan fingerprint density at radius 3 is 2.55 bits per heavy atom. The first-order valence-corrected chi connectivity index (χ1v) is 6.27. The van der Waals surface area contributed by atoms with Crippen molar-refractivity contribution in [1.82, 2.24) is 4.98 Å². The van der Waals surface area contributed by atoms with Crippen LogP contribution < -0.4 is 0 Å². The summed E-state index contributed by atoms with van der Waals surface area (Å²) in [5.74, 6) is 0.191. The minimum atomic E-state index is -0.528. The van der Waals surface area contributed by atoms with Crippen molar-refractivity contribution < 1.29 is 14.3 Å². The van der Waals surface area contributed by atoms with Gasteiger partial charge in [0.2, 0.25) is 5.89 Å². The van der Waals surface area contributed by atoms with Crippen LogP contribution in [0.15, 0.2) is 40.8 Å². The third-order valence-electron chi connectivity index (χ3n) is 3.32. The molecule has 3 aromatic rings. The van der Waals surface area contributed by atoms with Gasteiger partial charge in [-0.3, -0.25) is 20.2 Å². The van der Waals surface area contributed by atoms with Gasteiger partial charge in [-0.2, -0.15) is 0 Å². The average molecular weight is 299 g/mol. The van der Waals surface area contributed by atoms with Crippen molar-refractivity contribution in [1.29, 1.82) is 0 Å². The van der Waals surface area contributed by atoms with Crippen molar-refractivity contribution >= 4 is 22.5 Å². The maximum Gasteiger partial charge on any atom is 0.273 e. The van der Waals surface area contributed by atoms with Gasteiger partial charge in [-0.1, -0.05) is 6.07 Å². The molecule has 0 spiro atoms. The minimum Gasteiger partial charge on any atom is -0.436 e. The summed E-state index contributed by atoms with van der Waals surface area (Å²) in [5.41, 5.74) is 1.47. The molecule has 1 heterocycles. The van der Waals surface area contributed by atoms with Crippen molar-refractivity contribution in [3.8, 4) is 11.5 Å². The molecule has 0 fully saturated rings. The summed E-state index contributed by atoms with van der Waals surface area (Å²) in [5, 5.41) is 21.7. The Morgan fingerprint density at radius 2 is 1.86 bits per heavy atom. The highest BCUT2D eigenvalue weighted by Gasteiger charge is 2.19. The number of oxazole rings is 1. The van der Waals surface area contributed by atoms with Crippen molar-refractivity contribution in [3.63, 3.8) is 0 Å². The van der Waals surface area contributed by atoms with Gasteiger partial charge < -0.3 is 4.42 Å². The van der Waals surface area contributed by atoms with Crippen LogP contribution in [-0.2, 0) is 0 Å². The molecule has 1 aromatic heterocycles. The summed E-state index contributed by atoms with van der Waals surface area (Å²) < 4.78 is 5.52. The summed E-state index contributed by atoms with van der Waals surface area (Å²) in [6, 6.07) is 8.67. The summed E-state index contributed by atoms with van der Waals surface area (Å²) in [6.07, 6.45) is 0. The van der Waals surface area contributed by atoms with Crippen LogP contribution in [-0.4, -0.2) is 14.8 Å². The molecule has 0 saturated carbocycles. The van der Waals surface area contributed by atoms with Gasteiger partial charge in [0.1, 0.15) is 5.52 Å². The molecule has 0 radical (unpaired) electrons. The van der Waals surface area contributed by atoms with E-state index in [4.69, 9.17) is 4.42 Å². The molecule has 0 unspecified atom stereocenters. The molecule has 8 nitrogen and oxygen atoms in total. The second kappa shape index (κ2) is 4.92. The lowest BCUT2D eigenvalue weighted by Gasteiger charge is -2.01. The van der Waals surface area contributed by atoms with Crippen LogP contribution >= 0.6 is 0 Å². The van der Waals surface area contributed by atoms with Crippen LogP contribution in [0, 0.1) is 27.2 Å². The molecule has 0 bridgehead atoms. The highest BCUT2D eigenvalue weighted by atomic mass is 16.6. The largest absolute Gasteiger partial charge is 0.436 e. The molecular weight excluding hydrogens is 290 g/mol. The van der Waals surface area contributed by atoms with Crippen LogP contribution in [0.5, 0.6) is 0 Å². The van der Waals surface area contributed by atoms with Crippen molar-refractivity contribution in [2.24, 2.45) is 0 Å². The normalized spacial score (nSPS) is 10.8. The SMILES string of the molecule is Cc1c(-c2nc3ccc([N+](=O)[O-])cc3o2)cccc1[N+](=O)[O-]. The lowest BCUT2D eigenvalue weighted by Crippen LogP contribution is -1.93. The number of fused-ring (bicyclic) bond motifs is 1. The predicted octanol–water partition coefficient (Wildman–Crippen LogP) is 3.62.